The van der Waals surface area contributed by atoms with Crippen LogP contribution < -0.4 is 10.6 Å². The van der Waals surface area contributed by atoms with Crippen molar-refractivity contribution < 1.29 is 4.92 Å². The molecule has 3 aromatic rings. The molecule has 0 unspecified atom stereocenters. The van der Waals surface area contributed by atoms with Crippen LogP contribution in [0.4, 0.5) is 28.7 Å². The quantitative estimate of drug-likeness (QED) is 0.502. The van der Waals surface area contributed by atoms with E-state index in [0.29, 0.717) is 16.4 Å². The molecule has 8 heteroatoms. The third kappa shape index (κ3) is 4.02. The van der Waals surface area contributed by atoms with E-state index in [4.69, 9.17) is 11.6 Å². The largest absolute Gasteiger partial charge is 0.353 e. The summed E-state index contributed by atoms with van der Waals surface area (Å²) in [5.41, 5.74) is 2.18. The predicted molar refractivity (Wildman–Crippen MR) is 97.9 cm³/mol. The van der Waals surface area contributed by atoms with E-state index < -0.39 is 4.92 Å². The number of anilines is 4. The minimum Gasteiger partial charge on any atom is -0.334 e. The third-order valence-electron chi connectivity index (χ3n) is 3.43. The molecule has 0 aliphatic heterocycles. The first-order chi connectivity index (χ1) is 12.0. The number of halogens is 1. The Bertz CT molecular complexity index is 832. The van der Waals surface area contributed by atoms with Gasteiger partial charge >= 0.3 is 5.69 Å². The van der Waals surface area contributed by atoms with E-state index in [1.165, 1.54) is 6.33 Å². The molecule has 7 nitrogen and oxygen atoms in total. The van der Waals surface area contributed by atoms with Gasteiger partial charge in [-0.1, -0.05) is 29.3 Å². The summed E-state index contributed by atoms with van der Waals surface area (Å²) in [5, 5.41) is 18.0. The van der Waals surface area contributed by atoms with Crippen LogP contribution in [0.15, 0.2) is 54.9 Å². The number of hydrogen-bond donors (Lipinski definition) is 2. The highest BCUT2D eigenvalue weighted by Gasteiger charge is 2.23. The van der Waals surface area contributed by atoms with E-state index in [9.17, 15) is 10.1 Å². The van der Waals surface area contributed by atoms with Crippen molar-refractivity contribution >= 4 is 40.3 Å². The van der Waals surface area contributed by atoms with Gasteiger partial charge < -0.3 is 10.6 Å². The maximum atomic E-state index is 11.6. The molecule has 0 amide bonds. The Labute approximate surface area is 148 Å². The Hall–Kier alpha value is -3.19. The van der Waals surface area contributed by atoms with Crippen molar-refractivity contribution in [3.63, 3.8) is 0 Å². The number of hydrogen-bond acceptors (Lipinski definition) is 6. The Morgan fingerprint density at radius 2 is 1.40 bits per heavy atom. The van der Waals surface area contributed by atoms with Crippen LogP contribution in [0.5, 0.6) is 0 Å². The zero-order chi connectivity index (χ0) is 17.8. The second-order valence-electron chi connectivity index (χ2n) is 5.30. The lowest BCUT2D eigenvalue weighted by Crippen LogP contribution is -2.05. The second kappa shape index (κ2) is 7.14. The fraction of sp³-hybridized carbons (Fsp3) is 0.0588. The van der Waals surface area contributed by atoms with E-state index >= 15 is 0 Å². The molecule has 0 aliphatic rings. The van der Waals surface area contributed by atoms with E-state index in [1.54, 1.807) is 24.3 Å². The van der Waals surface area contributed by atoms with Crippen LogP contribution in [0.1, 0.15) is 5.56 Å². The highest BCUT2D eigenvalue weighted by molar-refractivity contribution is 6.30. The minimum absolute atomic E-state index is 0.0944. The van der Waals surface area contributed by atoms with E-state index in [0.717, 1.165) is 5.56 Å². The molecule has 0 aliphatic carbocycles. The topological polar surface area (TPSA) is 93.0 Å². The van der Waals surface area contributed by atoms with Crippen LogP contribution in [-0.2, 0) is 0 Å². The molecule has 25 heavy (non-hydrogen) atoms. The molecule has 0 bridgehead atoms. The third-order valence-corrected chi connectivity index (χ3v) is 3.68. The molecule has 126 valence electrons. The number of benzene rings is 2. The molecular formula is C17H14ClN5O2. The molecule has 0 saturated carbocycles. The summed E-state index contributed by atoms with van der Waals surface area (Å²) in [4.78, 5) is 19.0. The lowest BCUT2D eigenvalue weighted by atomic mass is 10.2. The van der Waals surface area contributed by atoms with Crippen molar-refractivity contribution in [2.24, 2.45) is 0 Å². The van der Waals surface area contributed by atoms with Gasteiger partial charge in [0.15, 0.2) is 0 Å². The van der Waals surface area contributed by atoms with Crippen molar-refractivity contribution in [1.29, 1.82) is 0 Å². The van der Waals surface area contributed by atoms with Gasteiger partial charge in [0, 0.05) is 16.4 Å². The molecule has 0 radical (unpaired) electrons. The van der Waals surface area contributed by atoms with Gasteiger partial charge in [0.05, 0.1) is 4.92 Å². The van der Waals surface area contributed by atoms with Crippen molar-refractivity contribution in [1.82, 2.24) is 9.97 Å². The molecule has 0 saturated heterocycles. The molecule has 2 N–H and O–H groups in total. The maximum Gasteiger partial charge on any atom is 0.353 e. The number of aryl methyl sites for hydroxylation is 1. The first kappa shape index (κ1) is 16.7. The molecule has 1 heterocycles. The molecule has 1 aromatic heterocycles. The summed E-state index contributed by atoms with van der Waals surface area (Å²) < 4.78 is 0. The Morgan fingerprint density at radius 1 is 0.920 bits per heavy atom. The van der Waals surface area contributed by atoms with E-state index in [-0.39, 0.29) is 17.3 Å². The van der Waals surface area contributed by atoms with Crippen LogP contribution in [0, 0.1) is 17.0 Å². The van der Waals surface area contributed by atoms with Crippen molar-refractivity contribution in [3.05, 3.63) is 75.6 Å². The normalized spacial score (nSPS) is 10.3. The van der Waals surface area contributed by atoms with Crippen molar-refractivity contribution in [3.8, 4) is 0 Å². The fourth-order valence-electron chi connectivity index (χ4n) is 2.18. The Kier molecular flexibility index (Phi) is 4.76. The lowest BCUT2D eigenvalue weighted by molar-refractivity contribution is -0.383. The Balaban J connectivity index is 1.94. The molecule has 2 aromatic carbocycles. The molecular weight excluding hydrogens is 342 g/mol. The standard InChI is InChI=1S/C17H14ClN5O2/c1-11-2-6-13(7-3-11)21-16-15(23(24)25)17(20-10-19-16)22-14-8-4-12(18)5-9-14/h2-10H,1H3,(H2,19,20,21,22). The zero-order valence-corrected chi connectivity index (χ0v) is 14.0. The smallest absolute Gasteiger partial charge is 0.334 e. The van der Waals surface area contributed by atoms with Crippen LogP contribution in [0.25, 0.3) is 0 Å². The van der Waals surface area contributed by atoms with Gasteiger partial charge in [-0.2, -0.15) is 0 Å². The number of aromatic nitrogens is 2. The molecule has 0 fully saturated rings. The summed E-state index contributed by atoms with van der Waals surface area (Å²) in [7, 11) is 0. The summed E-state index contributed by atoms with van der Waals surface area (Å²) in [5.74, 6) is 0.206. The van der Waals surface area contributed by atoms with Crippen LogP contribution in [0.2, 0.25) is 5.02 Å². The predicted octanol–water partition coefficient (Wildman–Crippen LogP) is 4.83. The molecule has 0 atom stereocenters. The van der Waals surface area contributed by atoms with Gasteiger partial charge in [-0.15, -0.1) is 0 Å². The summed E-state index contributed by atoms with van der Waals surface area (Å²) in [6.07, 6.45) is 1.27. The first-order valence-corrected chi connectivity index (χ1v) is 7.76. The summed E-state index contributed by atoms with van der Waals surface area (Å²) in [6, 6.07) is 14.2. The van der Waals surface area contributed by atoms with Crippen molar-refractivity contribution in [2.75, 3.05) is 10.6 Å². The summed E-state index contributed by atoms with van der Waals surface area (Å²) >= 11 is 5.85. The van der Waals surface area contributed by atoms with Gasteiger partial charge in [0.25, 0.3) is 0 Å². The van der Waals surface area contributed by atoms with E-state index in [2.05, 4.69) is 20.6 Å². The Morgan fingerprint density at radius 3 is 1.88 bits per heavy atom. The average Bonchev–Trinajstić information content (AvgIpc) is 2.59. The van der Waals surface area contributed by atoms with Gasteiger partial charge in [0.2, 0.25) is 11.6 Å². The lowest BCUT2D eigenvalue weighted by Gasteiger charge is -2.10. The number of nitro groups is 1. The van der Waals surface area contributed by atoms with Gasteiger partial charge in [-0.25, -0.2) is 9.97 Å². The number of rotatable bonds is 5. The van der Waals surface area contributed by atoms with Crippen molar-refractivity contribution in [2.45, 2.75) is 6.92 Å². The fourth-order valence-corrected chi connectivity index (χ4v) is 2.30. The van der Waals surface area contributed by atoms with Crippen LogP contribution in [0.3, 0.4) is 0 Å². The van der Waals surface area contributed by atoms with Crippen LogP contribution in [-0.4, -0.2) is 14.9 Å². The first-order valence-electron chi connectivity index (χ1n) is 7.38. The van der Waals surface area contributed by atoms with Crippen LogP contribution >= 0.6 is 11.6 Å². The monoisotopic (exact) mass is 355 g/mol. The molecule has 3 rings (SSSR count). The zero-order valence-electron chi connectivity index (χ0n) is 13.2. The molecule has 0 spiro atoms. The van der Waals surface area contributed by atoms with Gasteiger partial charge in [0.1, 0.15) is 6.33 Å². The second-order valence-corrected chi connectivity index (χ2v) is 5.74. The average molecular weight is 356 g/mol. The summed E-state index contributed by atoms with van der Waals surface area (Å²) in [6.45, 7) is 1.96. The van der Waals surface area contributed by atoms with E-state index in [1.807, 2.05) is 31.2 Å². The maximum absolute atomic E-state index is 11.6. The van der Waals surface area contributed by atoms with Gasteiger partial charge in [-0.05, 0) is 43.3 Å². The highest BCUT2D eigenvalue weighted by atomic mass is 35.5. The number of nitrogens with one attached hydrogen (secondary N) is 2. The van der Waals surface area contributed by atoms with Gasteiger partial charge in [-0.3, -0.25) is 10.1 Å². The minimum atomic E-state index is -0.519. The SMILES string of the molecule is Cc1ccc(Nc2ncnc(Nc3ccc(Cl)cc3)c2[N+](=O)[O-])cc1. The highest BCUT2D eigenvalue weighted by Crippen LogP contribution is 2.33. The number of nitrogens with zero attached hydrogens (tertiary/aromatic N) is 3.